The Labute approximate surface area is 154 Å². The number of fused-ring (bicyclic) bond motifs is 1. The Morgan fingerprint density at radius 1 is 1.23 bits per heavy atom. The fourth-order valence-electron chi connectivity index (χ4n) is 3.10. The second-order valence-corrected chi connectivity index (χ2v) is 7.08. The zero-order valence-corrected chi connectivity index (χ0v) is 15.0. The smallest absolute Gasteiger partial charge is 0.231 e. The number of anilines is 2. The van der Waals surface area contributed by atoms with Crippen molar-refractivity contribution >= 4 is 44.2 Å². The minimum Gasteiger partial charge on any atom is -0.495 e. The molecule has 2 heterocycles. The summed E-state index contributed by atoms with van der Waals surface area (Å²) in [4.78, 5) is 31.1. The van der Waals surface area contributed by atoms with Gasteiger partial charge in [0.2, 0.25) is 11.8 Å². The van der Waals surface area contributed by atoms with E-state index < -0.39 is 5.92 Å². The van der Waals surface area contributed by atoms with Gasteiger partial charge in [0.05, 0.1) is 28.9 Å². The molecule has 3 aromatic rings. The topological polar surface area (TPSA) is 71.5 Å². The Bertz CT molecular complexity index is 952. The Balaban J connectivity index is 1.50. The first-order valence-corrected chi connectivity index (χ1v) is 9.07. The van der Waals surface area contributed by atoms with Crippen LogP contribution in [0.1, 0.15) is 6.42 Å². The summed E-state index contributed by atoms with van der Waals surface area (Å²) in [6.45, 7) is 0.329. The van der Waals surface area contributed by atoms with E-state index in [1.807, 2.05) is 42.5 Å². The number of ether oxygens (including phenoxy) is 1. The molecule has 0 aliphatic carbocycles. The number of hydrogen-bond donors (Lipinski definition) is 1. The van der Waals surface area contributed by atoms with Crippen molar-refractivity contribution in [3.05, 3.63) is 48.5 Å². The summed E-state index contributed by atoms with van der Waals surface area (Å²) in [6, 6.07) is 15.0. The van der Waals surface area contributed by atoms with Crippen molar-refractivity contribution in [1.29, 1.82) is 0 Å². The maximum Gasteiger partial charge on any atom is 0.231 e. The van der Waals surface area contributed by atoms with Gasteiger partial charge in [-0.15, -0.1) is 0 Å². The summed E-state index contributed by atoms with van der Waals surface area (Å²) in [5, 5.41) is 3.41. The van der Waals surface area contributed by atoms with Crippen LogP contribution >= 0.6 is 11.3 Å². The van der Waals surface area contributed by atoms with Gasteiger partial charge in [-0.3, -0.25) is 9.59 Å². The molecular formula is C19H17N3O3S. The molecule has 4 rings (SSSR count). The molecule has 7 heteroatoms. The summed E-state index contributed by atoms with van der Waals surface area (Å²) in [7, 11) is 1.57. The summed E-state index contributed by atoms with van der Waals surface area (Å²) >= 11 is 1.43. The molecule has 1 saturated heterocycles. The highest BCUT2D eigenvalue weighted by atomic mass is 32.1. The van der Waals surface area contributed by atoms with Crippen molar-refractivity contribution in [2.24, 2.45) is 5.92 Å². The number of carbonyl (C=O) groups is 2. The van der Waals surface area contributed by atoms with Gasteiger partial charge in [0.25, 0.3) is 0 Å². The minimum absolute atomic E-state index is 0.0843. The molecule has 1 fully saturated rings. The molecule has 1 aliphatic rings. The van der Waals surface area contributed by atoms with Gasteiger partial charge in [-0.1, -0.05) is 35.6 Å². The lowest BCUT2D eigenvalue weighted by Gasteiger charge is -2.19. The van der Waals surface area contributed by atoms with Gasteiger partial charge >= 0.3 is 0 Å². The molecular weight excluding hydrogens is 350 g/mol. The largest absolute Gasteiger partial charge is 0.495 e. The van der Waals surface area contributed by atoms with Crippen LogP contribution in [-0.2, 0) is 9.59 Å². The molecule has 1 aromatic heterocycles. The third-order valence-electron chi connectivity index (χ3n) is 4.40. The van der Waals surface area contributed by atoms with Gasteiger partial charge in [0.1, 0.15) is 5.75 Å². The molecule has 1 atom stereocenters. The number of hydrogen-bond acceptors (Lipinski definition) is 5. The van der Waals surface area contributed by atoms with Crippen molar-refractivity contribution in [3.8, 4) is 5.75 Å². The van der Waals surface area contributed by atoms with Gasteiger partial charge in [0.15, 0.2) is 5.13 Å². The Kier molecular flexibility index (Phi) is 4.30. The first-order chi connectivity index (χ1) is 12.7. The van der Waals surface area contributed by atoms with E-state index in [0.717, 1.165) is 10.2 Å². The highest BCUT2D eigenvalue weighted by Crippen LogP contribution is 2.33. The second-order valence-electron chi connectivity index (χ2n) is 6.05. The molecule has 0 spiro atoms. The third-order valence-corrected chi connectivity index (χ3v) is 5.35. The molecule has 2 amide bonds. The van der Waals surface area contributed by atoms with Crippen LogP contribution in [0, 0.1) is 5.92 Å². The number of carbonyl (C=O) groups excluding carboxylic acids is 2. The molecule has 6 nitrogen and oxygen atoms in total. The van der Waals surface area contributed by atoms with Crippen LogP contribution < -0.4 is 15.0 Å². The van der Waals surface area contributed by atoms with Crippen LogP contribution in [0.15, 0.2) is 48.5 Å². The fourth-order valence-corrected chi connectivity index (χ4v) is 3.97. The van der Waals surface area contributed by atoms with E-state index in [9.17, 15) is 9.59 Å². The number of nitrogens with one attached hydrogen (secondary N) is 1. The first-order valence-electron chi connectivity index (χ1n) is 8.25. The van der Waals surface area contributed by atoms with E-state index in [1.54, 1.807) is 18.1 Å². The van der Waals surface area contributed by atoms with Crippen molar-refractivity contribution in [2.45, 2.75) is 6.42 Å². The van der Waals surface area contributed by atoms with Crippen LogP contribution in [-0.4, -0.2) is 30.5 Å². The predicted molar refractivity (Wildman–Crippen MR) is 102 cm³/mol. The zero-order chi connectivity index (χ0) is 18.1. The summed E-state index contributed by atoms with van der Waals surface area (Å²) < 4.78 is 6.34. The maximum atomic E-state index is 12.6. The summed E-state index contributed by atoms with van der Waals surface area (Å²) in [6.07, 6.45) is 0.175. The normalized spacial score (nSPS) is 16.9. The number of rotatable bonds is 4. The quantitative estimate of drug-likeness (QED) is 0.768. The standard InChI is InChI=1S/C19H17N3O3S/c1-25-15-8-4-3-7-14(15)22-11-12(10-17(22)23)18(24)21-19-20-13-6-2-5-9-16(13)26-19/h2-9,12H,10-11H2,1H3,(H,20,21,24)/t12-/m0/s1. The number of methoxy groups -OCH3 is 1. The third kappa shape index (κ3) is 3.01. The average Bonchev–Trinajstić information content (AvgIpc) is 3.24. The SMILES string of the molecule is COc1ccccc1N1C[C@@H](C(=O)Nc2nc3ccccc3s2)CC1=O. The van der Waals surface area contributed by atoms with Gasteiger partial charge in [0, 0.05) is 13.0 Å². The number of benzene rings is 2. The minimum atomic E-state index is -0.417. The number of para-hydroxylation sites is 3. The van der Waals surface area contributed by atoms with E-state index in [1.165, 1.54) is 11.3 Å². The number of aromatic nitrogens is 1. The number of amides is 2. The van der Waals surface area contributed by atoms with Crippen LogP contribution in [0.25, 0.3) is 10.2 Å². The fraction of sp³-hybridized carbons (Fsp3) is 0.211. The van der Waals surface area contributed by atoms with Crippen LogP contribution in [0.5, 0.6) is 5.75 Å². The van der Waals surface area contributed by atoms with Crippen LogP contribution in [0.4, 0.5) is 10.8 Å². The zero-order valence-electron chi connectivity index (χ0n) is 14.1. The average molecular weight is 367 g/mol. The predicted octanol–water partition coefficient (Wildman–Crippen LogP) is 3.30. The summed E-state index contributed by atoms with van der Waals surface area (Å²) in [5.74, 6) is -0.0683. The molecule has 1 N–H and O–H groups in total. The lowest BCUT2D eigenvalue weighted by molar-refractivity contribution is -0.122. The molecule has 0 radical (unpaired) electrons. The van der Waals surface area contributed by atoms with Crippen LogP contribution in [0.2, 0.25) is 0 Å². The van der Waals surface area contributed by atoms with Crippen LogP contribution in [0.3, 0.4) is 0 Å². The van der Waals surface area contributed by atoms with Crippen molar-refractivity contribution < 1.29 is 14.3 Å². The number of nitrogens with zero attached hydrogens (tertiary/aromatic N) is 2. The highest BCUT2D eigenvalue weighted by Gasteiger charge is 2.36. The van der Waals surface area contributed by atoms with E-state index in [2.05, 4.69) is 10.3 Å². The van der Waals surface area contributed by atoms with E-state index >= 15 is 0 Å². The molecule has 0 bridgehead atoms. The first kappa shape index (κ1) is 16.5. The highest BCUT2D eigenvalue weighted by molar-refractivity contribution is 7.22. The van der Waals surface area contributed by atoms with E-state index in [-0.39, 0.29) is 18.2 Å². The monoisotopic (exact) mass is 367 g/mol. The molecule has 0 unspecified atom stereocenters. The molecule has 132 valence electrons. The molecule has 1 aliphatic heterocycles. The molecule has 0 saturated carbocycles. The summed E-state index contributed by atoms with van der Waals surface area (Å²) in [5.41, 5.74) is 1.54. The lowest BCUT2D eigenvalue weighted by atomic mass is 10.1. The lowest BCUT2D eigenvalue weighted by Crippen LogP contribution is -2.28. The molecule has 26 heavy (non-hydrogen) atoms. The van der Waals surface area contributed by atoms with Gasteiger partial charge in [-0.25, -0.2) is 4.98 Å². The number of thiazole rings is 1. The van der Waals surface area contributed by atoms with E-state index in [0.29, 0.717) is 23.1 Å². The van der Waals surface area contributed by atoms with Crippen molar-refractivity contribution in [2.75, 3.05) is 23.9 Å². The Hall–Kier alpha value is -2.93. The van der Waals surface area contributed by atoms with Crippen molar-refractivity contribution in [1.82, 2.24) is 4.98 Å². The molecule has 2 aromatic carbocycles. The maximum absolute atomic E-state index is 12.6. The van der Waals surface area contributed by atoms with Gasteiger partial charge in [-0.2, -0.15) is 0 Å². The van der Waals surface area contributed by atoms with Gasteiger partial charge in [-0.05, 0) is 24.3 Å². The second kappa shape index (κ2) is 6.76. The van der Waals surface area contributed by atoms with E-state index in [4.69, 9.17) is 4.74 Å². The van der Waals surface area contributed by atoms with Gasteiger partial charge < -0.3 is 15.0 Å². The van der Waals surface area contributed by atoms with Crippen molar-refractivity contribution in [3.63, 3.8) is 0 Å². The Morgan fingerprint density at radius 3 is 2.81 bits per heavy atom. The Morgan fingerprint density at radius 2 is 2.00 bits per heavy atom.